The first-order valence-electron chi connectivity index (χ1n) is 11.3. The summed E-state index contributed by atoms with van der Waals surface area (Å²) in [6.45, 7) is 9.55. The second-order valence-corrected chi connectivity index (χ2v) is 11.8. The molecule has 0 radical (unpaired) electrons. The molecule has 1 aliphatic heterocycles. The van der Waals surface area contributed by atoms with Crippen LogP contribution in [0.2, 0.25) is 0 Å². The van der Waals surface area contributed by atoms with Crippen LogP contribution in [0.5, 0.6) is 0 Å². The Balaban J connectivity index is 1.38. The van der Waals surface area contributed by atoms with Gasteiger partial charge >= 0.3 is 190 Å². The van der Waals surface area contributed by atoms with Crippen LogP contribution in [0.15, 0.2) is 54.7 Å². The Hall–Kier alpha value is -2.20. The van der Waals surface area contributed by atoms with Gasteiger partial charge in [0.25, 0.3) is 0 Å². The molecule has 0 N–H and O–H groups in total. The number of methoxy groups -OCH3 is 1. The summed E-state index contributed by atoms with van der Waals surface area (Å²) >= 11 is 0.223. The molecule has 0 saturated carbocycles. The van der Waals surface area contributed by atoms with Crippen LogP contribution >= 0.6 is 0 Å². The second-order valence-electron chi connectivity index (χ2n) is 9.63. The van der Waals surface area contributed by atoms with Crippen LogP contribution < -0.4 is 0 Å². The van der Waals surface area contributed by atoms with E-state index in [1.54, 1.807) is 0 Å². The molecule has 0 unspecified atom stereocenters. The number of carbonyl (C=O) groups excluding carboxylic acids is 1. The molecule has 1 aromatic heterocycles. The van der Waals surface area contributed by atoms with Crippen molar-refractivity contribution in [3.05, 3.63) is 65.9 Å². The van der Waals surface area contributed by atoms with Gasteiger partial charge in [-0.1, -0.05) is 0 Å². The fourth-order valence-electron chi connectivity index (χ4n) is 4.18. The maximum absolute atomic E-state index is 11.7. The van der Waals surface area contributed by atoms with E-state index >= 15 is 0 Å². The summed E-state index contributed by atoms with van der Waals surface area (Å²) in [5, 5.41) is 0. The fraction of sp³-hybridized carbons (Fsp3) is 0.407. The van der Waals surface area contributed by atoms with Crippen molar-refractivity contribution in [3.63, 3.8) is 0 Å². The van der Waals surface area contributed by atoms with E-state index in [1.165, 1.54) is 38.4 Å². The second kappa shape index (κ2) is 9.74. The van der Waals surface area contributed by atoms with Gasteiger partial charge in [-0.3, -0.25) is 0 Å². The Morgan fingerprint density at radius 2 is 1.66 bits per heavy atom. The molecule has 0 spiro atoms. The third kappa shape index (κ3) is 5.40. The summed E-state index contributed by atoms with van der Waals surface area (Å²) in [6, 6.07) is 17.8. The van der Waals surface area contributed by atoms with Gasteiger partial charge in [-0.05, 0) is 0 Å². The molecule has 0 bridgehead atoms. The van der Waals surface area contributed by atoms with Gasteiger partial charge in [0.15, 0.2) is 0 Å². The molecule has 0 amide bonds. The normalized spacial score (nSPS) is 15.6. The Morgan fingerprint density at radius 3 is 2.25 bits per heavy atom. The molecule has 168 valence electrons. The molecule has 0 aliphatic carbocycles. The van der Waals surface area contributed by atoms with E-state index in [9.17, 15) is 4.79 Å². The van der Waals surface area contributed by atoms with E-state index in [0.29, 0.717) is 0 Å². The van der Waals surface area contributed by atoms with Crippen molar-refractivity contribution >= 4 is 20.5 Å². The van der Waals surface area contributed by atoms with Gasteiger partial charge in [-0.25, -0.2) is 0 Å². The molecule has 32 heavy (non-hydrogen) atoms. The van der Waals surface area contributed by atoms with E-state index < -0.39 is 0 Å². The number of likely N-dealkylation sites (tertiary alicyclic amines) is 1. The fourth-order valence-corrected chi connectivity index (χ4v) is 6.12. The zero-order valence-electron chi connectivity index (χ0n) is 19.4. The van der Waals surface area contributed by atoms with Crippen molar-refractivity contribution in [1.82, 2.24) is 9.88 Å². The van der Waals surface area contributed by atoms with E-state index in [4.69, 9.17) is 9.72 Å². The molecule has 4 nitrogen and oxygen atoms in total. The number of nitrogens with zero attached hydrogens (tertiary/aromatic N) is 2. The number of carbonyl (C=O) groups is 1. The summed E-state index contributed by atoms with van der Waals surface area (Å²) in [6.07, 6.45) is 3.81. The number of hydrogen-bond acceptors (Lipinski definition) is 4. The van der Waals surface area contributed by atoms with E-state index in [-0.39, 0.29) is 31.8 Å². The van der Waals surface area contributed by atoms with E-state index in [2.05, 4.69) is 74.2 Å². The quantitative estimate of drug-likeness (QED) is 0.363. The SMILES string of the molecule is COC(=O)C1CCN(Cc2ccc(-c3cnc(-c4ccc(C(C)(C)C)cc4)[se]3)cc2)CC1. The average Bonchev–Trinajstić information content (AvgIpc) is 3.29. The number of ether oxygens (including phenoxy) is 1. The minimum atomic E-state index is -0.0625. The first kappa shape index (κ1) is 23.0. The van der Waals surface area contributed by atoms with Crippen molar-refractivity contribution in [2.24, 2.45) is 5.92 Å². The van der Waals surface area contributed by atoms with Gasteiger partial charge < -0.3 is 0 Å². The Kier molecular flexibility index (Phi) is 6.99. The topological polar surface area (TPSA) is 42.4 Å². The van der Waals surface area contributed by atoms with Gasteiger partial charge in [0.1, 0.15) is 0 Å². The van der Waals surface area contributed by atoms with Crippen molar-refractivity contribution in [3.8, 4) is 20.1 Å². The third-order valence-electron chi connectivity index (χ3n) is 6.27. The molecule has 2 heterocycles. The number of aromatic nitrogens is 1. The molecule has 2 aromatic carbocycles. The van der Waals surface area contributed by atoms with Crippen molar-refractivity contribution in [2.45, 2.75) is 45.6 Å². The average molecular weight is 496 g/mol. The predicted molar refractivity (Wildman–Crippen MR) is 131 cm³/mol. The zero-order chi connectivity index (χ0) is 22.7. The van der Waals surface area contributed by atoms with Gasteiger partial charge in [0, 0.05) is 0 Å². The van der Waals surface area contributed by atoms with Crippen molar-refractivity contribution < 1.29 is 9.53 Å². The zero-order valence-corrected chi connectivity index (χ0v) is 21.1. The van der Waals surface area contributed by atoms with Crippen molar-refractivity contribution in [2.75, 3.05) is 20.2 Å². The van der Waals surface area contributed by atoms with Crippen LogP contribution in [0.25, 0.3) is 20.1 Å². The molecule has 0 atom stereocenters. The van der Waals surface area contributed by atoms with Gasteiger partial charge in [-0.2, -0.15) is 0 Å². The maximum atomic E-state index is 11.7. The van der Waals surface area contributed by atoms with Crippen LogP contribution in [0.4, 0.5) is 0 Å². The van der Waals surface area contributed by atoms with Crippen LogP contribution in [0, 0.1) is 5.92 Å². The molecule has 5 heteroatoms. The number of hydrogen-bond donors (Lipinski definition) is 0. The number of piperidine rings is 1. The van der Waals surface area contributed by atoms with E-state index in [1.807, 2.05) is 6.20 Å². The Labute approximate surface area is 197 Å². The van der Waals surface area contributed by atoms with Crippen molar-refractivity contribution in [1.29, 1.82) is 0 Å². The molecule has 3 aromatic rings. The molecule has 1 saturated heterocycles. The Bertz CT molecular complexity index is 1040. The van der Waals surface area contributed by atoms with Crippen LogP contribution in [-0.2, 0) is 21.5 Å². The third-order valence-corrected chi connectivity index (χ3v) is 8.57. The van der Waals surface area contributed by atoms with Gasteiger partial charge in [0.2, 0.25) is 0 Å². The van der Waals surface area contributed by atoms with Crippen LogP contribution in [0.3, 0.4) is 0 Å². The standard InChI is InChI=1S/C27H32N2O2Se/c1-27(2,3)23-11-9-21(10-12-23)25-28-17-24(32-25)20-7-5-19(6-8-20)18-29-15-13-22(14-16-29)26(30)31-4/h5-12,17,22H,13-16,18H2,1-4H3. The molecule has 4 rings (SSSR count). The summed E-state index contributed by atoms with van der Waals surface area (Å²) in [7, 11) is 1.48. The van der Waals surface area contributed by atoms with E-state index in [0.717, 1.165) is 32.5 Å². The molecular formula is C27H32N2O2Se. The summed E-state index contributed by atoms with van der Waals surface area (Å²) in [5.41, 5.74) is 5.34. The first-order chi connectivity index (χ1) is 15.3. The van der Waals surface area contributed by atoms with Gasteiger partial charge in [-0.15, -0.1) is 0 Å². The first-order valence-corrected chi connectivity index (χ1v) is 13.0. The van der Waals surface area contributed by atoms with Crippen LogP contribution in [0.1, 0.15) is 44.7 Å². The summed E-state index contributed by atoms with van der Waals surface area (Å²) in [5.74, 6) is 0.00136. The van der Waals surface area contributed by atoms with Gasteiger partial charge in [0.05, 0.1) is 7.11 Å². The van der Waals surface area contributed by atoms with Crippen LogP contribution in [-0.4, -0.2) is 50.6 Å². The number of esters is 1. The Morgan fingerprint density at radius 1 is 1.03 bits per heavy atom. The monoisotopic (exact) mass is 496 g/mol. The summed E-state index contributed by atoms with van der Waals surface area (Å²) in [4.78, 5) is 18.9. The number of rotatable bonds is 5. The minimum absolute atomic E-state index is 0.0625. The molecular weight excluding hydrogens is 463 g/mol. The molecule has 1 fully saturated rings. The summed E-state index contributed by atoms with van der Waals surface area (Å²) < 4.78 is 7.42. The predicted octanol–water partition coefficient (Wildman–Crippen LogP) is 5.16. The molecule has 1 aliphatic rings. The number of benzene rings is 2.